The summed E-state index contributed by atoms with van der Waals surface area (Å²) in [6, 6.07) is 8.43. The van der Waals surface area contributed by atoms with Crippen LogP contribution in [0.4, 0.5) is 5.69 Å². The van der Waals surface area contributed by atoms with E-state index in [4.69, 9.17) is 0 Å². The lowest BCUT2D eigenvalue weighted by Crippen LogP contribution is -2.07. The second kappa shape index (κ2) is 6.02. The van der Waals surface area contributed by atoms with Crippen molar-refractivity contribution in [3.63, 3.8) is 0 Å². The summed E-state index contributed by atoms with van der Waals surface area (Å²) in [7, 11) is 4.04. The van der Waals surface area contributed by atoms with Crippen molar-refractivity contribution >= 4 is 49.1 Å². The number of aromatic carboxylic acids is 1. The molecule has 0 aliphatic carbocycles. The van der Waals surface area contributed by atoms with Crippen LogP contribution in [-0.4, -0.2) is 30.2 Å². The number of aromatic amines is 1. The van der Waals surface area contributed by atoms with E-state index in [1.54, 1.807) is 11.3 Å². The number of aromatic nitrogens is 1. The maximum atomic E-state index is 11.3. The smallest absolute Gasteiger partial charge is 0.353 e. The lowest BCUT2D eigenvalue weighted by atomic mass is 10.1. The van der Waals surface area contributed by atoms with Crippen LogP contribution in [0, 0.1) is 0 Å². The number of anilines is 1. The van der Waals surface area contributed by atoms with E-state index in [1.165, 1.54) is 4.88 Å². The van der Waals surface area contributed by atoms with Crippen LogP contribution in [0.1, 0.15) is 23.0 Å². The Bertz CT molecular complexity index is 878. The fourth-order valence-corrected chi connectivity index (χ4v) is 4.68. The molecule has 2 N–H and O–H groups in total. The SMILES string of the molecule is CCc1c(-c2ccc(N(C)C)cc2)sc2c(Br)c(C(=O)O)[nH]c12. The Balaban J connectivity index is 2.16. The minimum Gasteiger partial charge on any atom is -0.477 e. The van der Waals surface area contributed by atoms with Gasteiger partial charge >= 0.3 is 5.97 Å². The molecule has 0 amide bonds. The van der Waals surface area contributed by atoms with Crippen molar-refractivity contribution in [2.45, 2.75) is 13.3 Å². The zero-order valence-corrected chi connectivity index (χ0v) is 15.5. The van der Waals surface area contributed by atoms with Crippen molar-refractivity contribution in [2.24, 2.45) is 0 Å². The Hall–Kier alpha value is -1.79. The van der Waals surface area contributed by atoms with Gasteiger partial charge in [0.05, 0.1) is 14.7 Å². The van der Waals surface area contributed by atoms with Gasteiger partial charge in [-0.1, -0.05) is 19.1 Å². The minimum atomic E-state index is -0.945. The summed E-state index contributed by atoms with van der Waals surface area (Å²) in [6.07, 6.45) is 0.844. The van der Waals surface area contributed by atoms with E-state index in [1.807, 2.05) is 14.1 Å². The maximum absolute atomic E-state index is 11.3. The molecular formula is C17H17BrN2O2S. The van der Waals surface area contributed by atoms with E-state index in [0.717, 1.165) is 33.5 Å². The van der Waals surface area contributed by atoms with E-state index < -0.39 is 5.97 Å². The number of aryl methyl sites for hydroxylation is 1. The number of nitrogens with zero attached hydrogens (tertiary/aromatic N) is 1. The van der Waals surface area contributed by atoms with E-state index in [0.29, 0.717) is 4.47 Å². The van der Waals surface area contributed by atoms with Crippen molar-refractivity contribution in [3.05, 3.63) is 40.0 Å². The highest BCUT2D eigenvalue weighted by Gasteiger charge is 2.22. The van der Waals surface area contributed by atoms with Gasteiger partial charge in [-0.2, -0.15) is 0 Å². The molecule has 3 aromatic rings. The number of fused-ring (bicyclic) bond motifs is 1. The van der Waals surface area contributed by atoms with Gasteiger partial charge in [-0.25, -0.2) is 4.79 Å². The highest BCUT2D eigenvalue weighted by molar-refractivity contribution is 9.10. The zero-order chi connectivity index (χ0) is 16.7. The van der Waals surface area contributed by atoms with Gasteiger partial charge in [-0.05, 0) is 45.6 Å². The van der Waals surface area contributed by atoms with E-state index in [9.17, 15) is 9.90 Å². The predicted molar refractivity (Wildman–Crippen MR) is 100.0 cm³/mol. The Morgan fingerprint density at radius 1 is 1.30 bits per heavy atom. The van der Waals surface area contributed by atoms with E-state index in [-0.39, 0.29) is 5.69 Å². The van der Waals surface area contributed by atoms with Crippen LogP contribution >= 0.6 is 27.3 Å². The molecule has 23 heavy (non-hydrogen) atoms. The fraction of sp³-hybridized carbons (Fsp3) is 0.235. The molecule has 0 fully saturated rings. The average molecular weight is 393 g/mol. The third-order valence-corrected chi connectivity index (χ3v) is 6.24. The Morgan fingerprint density at radius 3 is 2.48 bits per heavy atom. The monoisotopic (exact) mass is 392 g/mol. The highest BCUT2D eigenvalue weighted by Crippen LogP contribution is 2.43. The van der Waals surface area contributed by atoms with Crippen molar-refractivity contribution in [2.75, 3.05) is 19.0 Å². The number of thiophene rings is 1. The lowest BCUT2D eigenvalue weighted by Gasteiger charge is -2.12. The van der Waals surface area contributed by atoms with E-state index >= 15 is 0 Å². The second-order valence-electron chi connectivity index (χ2n) is 5.53. The standard InChI is InChI=1S/C17H17BrN2O2S/c1-4-11-13-16(12(18)14(19-13)17(21)22)23-15(11)9-5-7-10(8-6-9)20(2)3/h5-8,19H,4H2,1-3H3,(H,21,22). The molecule has 0 saturated carbocycles. The number of carbonyl (C=O) groups is 1. The largest absolute Gasteiger partial charge is 0.477 e. The molecule has 0 saturated heterocycles. The van der Waals surface area contributed by atoms with Crippen LogP contribution in [0.2, 0.25) is 0 Å². The molecule has 0 bridgehead atoms. The number of halogens is 1. The average Bonchev–Trinajstić information content (AvgIpc) is 3.04. The third-order valence-electron chi connectivity index (χ3n) is 3.89. The van der Waals surface area contributed by atoms with E-state index in [2.05, 4.69) is 57.0 Å². The Kier molecular flexibility index (Phi) is 4.21. The van der Waals surface area contributed by atoms with Crippen LogP contribution in [0.3, 0.4) is 0 Å². The van der Waals surface area contributed by atoms with Gasteiger partial charge in [0.15, 0.2) is 0 Å². The van der Waals surface area contributed by atoms with Crippen LogP contribution in [-0.2, 0) is 6.42 Å². The predicted octanol–water partition coefficient (Wildman–Crippen LogP) is 4.99. The molecule has 120 valence electrons. The maximum Gasteiger partial charge on any atom is 0.353 e. The number of rotatable bonds is 4. The molecule has 3 rings (SSSR count). The number of hydrogen-bond donors (Lipinski definition) is 2. The quantitative estimate of drug-likeness (QED) is 0.657. The normalized spacial score (nSPS) is 11.1. The first-order valence-corrected chi connectivity index (χ1v) is 8.88. The molecule has 1 aromatic carbocycles. The molecule has 0 aliphatic rings. The Morgan fingerprint density at radius 2 is 1.96 bits per heavy atom. The third kappa shape index (κ3) is 2.66. The summed E-state index contributed by atoms with van der Waals surface area (Å²) < 4.78 is 1.60. The zero-order valence-electron chi connectivity index (χ0n) is 13.1. The van der Waals surface area contributed by atoms with Gasteiger partial charge in [0.25, 0.3) is 0 Å². The highest BCUT2D eigenvalue weighted by atomic mass is 79.9. The first-order chi connectivity index (χ1) is 10.9. The molecule has 0 spiro atoms. The summed E-state index contributed by atoms with van der Waals surface area (Å²) in [6.45, 7) is 2.09. The Labute approximate surface area is 146 Å². The lowest BCUT2D eigenvalue weighted by molar-refractivity contribution is 0.0690. The number of benzene rings is 1. The molecule has 4 nitrogen and oxygen atoms in total. The molecule has 0 unspecified atom stereocenters. The van der Waals surface area contributed by atoms with Crippen LogP contribution in [0.25, 0.3) is 20.7 Å². The first-order valence-electron chi connectivity index (χ1n) is 7.28. The van der Waals surface area contributed by atoms with Crippen LogP contribution in [0.15, 0.2) is 28.7 Å². The molecule has 2 heterocycles. The molecular weight excluding hydrogens is 376 g/mol. The van der Waals surface area contributed by atoms with Crippen molar-refractivity contribution in [3.8, 4) is 10.4 Å². The summed E-state index contributed by atoms with van der Waals surface area (Å²) in [5.41, 5.74) is 4.62. The summed E-state index contributed by atoms with van der Waals surface area (Å²) in [5.74, 6) is -0.945. The molecule has 0 aliphatic heterocycles. The van der Waals surface area contributed by atoms with Crippen molar-refractivity contribution < 1.29 is 9.90 Å². The van der Waals surface area contributed by atoms with Crippen LogP contribution in [0.5, 0.6) is 0 Å². The first kappa shape index (κ1) is 16.1. The number of H-pyrrole nitrogens is 1. The second-order valence-corrected chi connectivity index (χ2v) is 7.34. The topological polar surface area (TPSA) is 56.3 Å². The van der Waals surface area contributed by atoms with Crippen LogP contribution < -0.4 is 4.90 Å². The van der Waals surface area contributed by atoms with Gasteiger partial charge in [0.2, 0.25) is 0 Å². The fourth-order valence-electron chi connectivity index (χ4n) is 2.67. The minimum absolute atomic E-state index is 0.218. The molecule has 0 radical (unpaired) electrons. The summed E-state index contributed by atoms with van der Waals surface area (Å²) >= 11 is 5.05. The number of carboxylic acid groups (broad SMARTS) is 1. The van der Waals surface area contributed by atoms with Gasteiger partial charge in [0.1, 0.15) is 5.69 Å². The van der Waals surface area contributed by atoms with Gasteiger partial charge in [-0.3, -0.25) is 0 Å². The molecule has 6 heteroatoms. The summed E-state index contributed by atoms with van der Waals surface area (Å²) in [4.78, 5) is 17.6. The number of nitrogens with one attached hydrogen (secondary N) is 1. The molecule has 0 atom stereocenters. The van der Waals surface area contributed by atoms with Gasteiger partial charge < -0.3 is 15.0 Å². The molecule has 2 aromatic heterocycles. The summed E-state index contributed by atoms with van der Waals surface area (Å²) in [5, 5.41) is 9.26. The van der Waals surface area contributed by atoms with Crippen molar-refractivity contribution in [1.82, 2.24) is 4.98 Å². The number of carboxylic acids is 1. The number of hydrogen-bond acceptors (Lipinski definition) is 3. The van der Waals surface area contributed by atoms with Gasteiger partial charge in [0, 0.05) is 24.7 Å². The van der Waals surface area contributed by atoms with Crippen molar-refractivity contribution in [1.29, 1.82) is 0 Å². The van der Waals surface area contributed by atoms with Gasteiger partial charge in [-0.15, -0.1) is 11.3 Å².